The van der Waals surface area contributed by atoms with Crippen molar-refractivity contribution in [2.45, 2.75) is 18.9 Å². The van der Waals surface area contributed by atoms with E-state index in [1.807, 2.05) is 32.0 Å². The van der Waals surface area contributed by atoms with Gasteiger partial charge in [0.15, 0.2) is 0 Å². The zero-order chi connectivity index (χ0) is 15.6. The van der Waals surface area contributed by atoms with Crippen molar-refractivity contribution in [3.05, 3.63) is 63.1 Å². The molecule has 2 aromatic carbocycles. The molecule has 0 aliphatic rings. The third kappa shape index (κ3) is 3.79. The lowest BCUT2D eigenvalue weighted by atomic mass is 10.1. The molecule has 2 aromatic rings. The van der Waals surface area contributed by atoms with Crippen molar-refractivity contribution in [2.24, 2.45) is 0 Å². The Bertz CT molecular complexity index is 686. The molecule has 2 nitrogen and oxygen atoms in total. The fourth-order valence-electron chi connectivity index (χ4n) is 1.83. The van der Waals surface area contributed by atoms with Crippen LogP contribution in [0.3, 0.4) is 0 Å². The molecule has 110 valence electrons. The minimum absolute atomic E-state index is 0.252. The second kappa shape index (κ2) is 6.82. The van der Waals surface area contributed by atoms with Gasteiger partial charge in [0.1, 0.15) is 5.75 Å². The monoisotopic (exact) mass is 386 g/mol. The van der Waals surface area contributed by atoms with Crippen LogP contribution in [-0.2, 0) is 0 Å². The van der Waals surface area contributed by atoms with Crippen molar-refractivity contribution in [2.75, 3.05) is 0 Å². The van der Waals surface area contributed by atoms with E-state index in [-0.39, 0.29) is 5.78 Å². The van der Waals surface area contributed by atoms with Gasteiger partial charge in [-0.2, -0.15) is 0 Å². The average molecular weight is 388 g/mol. The van der Waals surface area contributed by atoms with Crippen LogP contribution >= 0.6 is 39.1 Å². The molecule has 2 rings (SSSR count). The predicted molar refractivity (Wildman–Crippen MR) is 90.1 cm³/mol. The van der Waals surface area contributed by atoms with E-state index in [0.29, 0.717) is 21.4 Å². The Kier molecular flexibility index (Phi) is 5.31. The summed E-state index contributed by atoms with van der Waals surface area (Å²) in [5, 5.41) is -0.0173. The fraction of sp³-hybridized carbons (Fsp3) is 0.188. The van der Waals surface area contributed by atoms with Gasteiger partial charge in [0, 0.05) is 10.6 Å². The van der Waals surface area contributed by atoms with Gasteiger partial charge < -0.3 is 4.74 Å². The lowest BCUT2D eigenvalue weighted by Gasteiger charge is -2.15. The summed E-state index contributed by atoms with van der Waals surface area (Å²) in [5.41, 5.74) is 2.47. The highest BCUT2D eigenvalue weighted by atomic mass is 79.9. The fourth-order valence-corrected chi connectivity index (χ4v) is 2.78. The van der Waals surface area contributed by atoms with Gasteiger partial charge in [0.05, 0.1) is 5.02 Å². The first-order chi connectivity index (χ1) is 9.90. The van der Waals surface area contributed by atoms with Crippen LogP contribution in [-0.4, -0.2) is 10.8 Å². The summed E-state index contributed by atoms with van der Waals surface area (Å²) in [6, 6.07) is 10.5. The lowest BCUT2D eigenvalue weighted by Crippen LogP contribution is -2.21. The van der Waals surface area contributed by atoms with Crippen LogP contribution in [0, 0.1) is 13.8 Å². The second-order valence-corrected chi connectivity index (χ2v) is 6.30. The van der Waals surface area contributed by atoms with E-state index in [1.165, 1.54) is 6.07 Å². The van der Waals surface area contributed by atoms with Crippen molar-refractivity contribution >= 4 is 44.9 Å². The number of benzene rings is 2. The van der Waals surface area contributed by atoms with Crippen LogP contribution in [0.15, 0.2) is 36.4 Å². The highest BCUT2D eigenvalue weighted by Crippen LogP contribution is 2.27. The maximum atomic E-state index is 12.4. The lowest BCUT2D eigenvalue weighted by molar-refractivity contribution is 0.0897. The van der Waals surface area contributed by atoms with Crippen LogP contribution in [0.2, 0.25) is 10.0 Å². The van der Waals surface area contributed by atoms with Gasteiger partial charge in [-0.15, -0.1) is 0 Å². The van der Waals surface area contributed by atoms with E-state index in [2.05, 4.69) is 15.9 Å². The van der Waals surface area contributed by atoms with Gasteiger partial charge in [-0.25, -0.2) is 0 Å². The van der Waals surface area contributed by atoms with Crippen LogP contribution in [0.25, 0.3) is 0 Å². The topological polar surface area (TPSA) is 26.3 Å². The van der Waals surface area contributed by atoms with Gasteiger partial charge in [-0.1, -0.05) is 35.3 Å². The number of ketones is 1. The normalized spacial score (nSPS) is 12.0. The minimum Gasteiger partial charge on any atom is -0.471 e. The first-order valence-electron chi connectivity index (χ1n) is 6.26. The van der Waals surface area contributed by atoms with E-state index < -0.39 is 5.01 Å². The highest BCUT2D eigenvalue weighted by Gasteiger charge is 2.22. The average Bonchev–Trinajstić information content (AvgIpc) is 2.43. The van der Waals surface area contributed by atoms with Crippen molar-refractivity contribution in [3.63, 3.8) is 0 Å². The molecule has 1 atom stereocenters. The molecule has 0 heterocycles. The number of hydrogen-bond acceptors (Lipinski definition) is 2. The van der Waals surface area contributed by atoms with E-state index in [1.54, 1.807) is 12.1 Å². The zero-order valence-electron chi connectivity index (χ0n) is 11.5. The molecule has 0 bridgehead atoms. The Balaban J connectivity index is 2.21. The Hall–Kier alpha value is -1.03. The zero-order valence-corrected chi connectivity index (χ0v) is 14.6. The number of ether oxygens (including phenoxy) is 1. The summed E-state index contributed by atoms with van der Waals surface area (Å²) in [4.78, 5) is 12.4. The first-order valence-corrected chi connectivity index (χ1v) is 7.93. The summed E-state index contributed by atoms with van der Waals surface area (Å²) >= 11 is 15.1. The summed E-state index contributed by atoms with van der Waals surface area (Å²) < 4.78 is 5.70. The molecule has 0 fully saturated rings. The van der Waals surface area contributed by atoms with Gasteiger partial charge in [0.25, 0.3) is 0 Å². The molecule has 0 spiro atoms. The molecule has 0 N–H and O–H groups in total. The highest BCUT2D eigenvalue weighted by molar-refractivity contribution is 9.09. The van der Waals surface area contributed by atoms with Gasteiger partial charge in [-0.05, 0) is 65.2 Å². The van der Waals surface area contributed by atoms with Crippen LogP contribution in [0.1, 0.15) is 21.5 Å². The van der Waals surface area contributed by atoms with E-state index >= 15 is 0 Å². The molecular weight excluding hydrogens is 375 g/mol. The summed E-state index contributed by atoms with van der Waals surface area (Å²) in [7, 11) is 0. The Labute approximate surface area is 142 Å². The first kappa shape index (κ1) is 16.3. The third-order valence-corrected chi connectivity index (χ3v) is 4.34. The van der Waals surface area contributed by atoms with Crippen molar-refractivity contribution in [1.29, 1.82) is 0 Å². The number of aryl methyl sites for hydroxylation is 1. The minimum atomic E-state index is -0.809. The number of rotatable bonds is 4. The third-order valence-electron chi connectivity index (χ3n) is 3.19. The van der Waals surface area contributed by atoms with Crippen molar-refractivity contribution < 1.29 is 9.53 Å². The summed E-state index contributed by atoms with van der Waals surface area (Å²) in [5.74, 6) is 0.410. The van der Waals surface area contributed by atoms with Gasteiger partial charge in [-0.3, -0.25) is 4.79 Å². The molecular formula is C16H13BrCl2O2. The standard InChI is InChI=1S/C16H13BrCl2O2/c1-9-4-3-5-14(10(9)2)21-16(17)15(20)12-7-6-11(18)8-13(12)19/h3-8,16H,1-2H3. The molecule has 1 unspecified atom stereocenters. The van der Waals surface area contributed by atoms with Crippen LogP contribution < -0.4 is 4.74 Å². The molecule has 0 radical (unpaired) electrons. The largest absolute Gasteiger partial charge is 0.471 e. The SMILES string of the molecule is Cc1cccc(OC(Br)C(=O)c2ccc(Cl)cc2Cl)c1C. The van der Waals surface area contributed by atoms with Crippen molar-refractivity contribution in [1.82, 2.24) is 0 Å². The Morgan fingerprint density at radius 1 is 1.19 bits per heavy atom. The number of carbonyl (C=O) groups is 1. The molecule has 0 saturated heterocycles. The number of hydrogen-bond donors (Lipinski definition) is 0. The summed E-state index contributed by atoms with van der Waals surface area (Å²) in [6.07, 6.45) is 0. The van der Waals surface area contributed by atoms with Gasteiger partial charge >= 0.3 is 0 Å². The van der Waals surface area contributed by atoms with Crippen LogP contribution in [0.5, 0.6) is 5.75 Å². The van der Waals surface area contributed by atoms with Crippen molar-refractivity contribution in [3.8, 4) is 5.75 Å². The predicted octanol–water partition coefficient (Wildman–Crippen LogP) is 5.59. The maximum absolute atomic E-state index is 12.4. The summed E-state index contributed by atoms with van der Waals surface area (Å²) in [6.45, 7) is 3.94. The molecule has 0 aliphatic heterocycles. The van der Waals surface area contributed by atoms with E-state index in [4.69, 9.17) is 27.9 Å². The molecule has 5 heteroatoms. The van der Waals surface area contributed by atoms with E-state index in [0.717, 1.165) is 11.1 Å². The van der Waals surface area contributed by atoms with Gasteiger partial charge in [0.2, 0.25) is 10.8 Å². The Morgan fingerprint density at radius 2 is 1.90 bits per heavy atom. The quantitative estimate of drug-likeness (QED) is 0.504. The molecule has 0 aliphatic carbocycles. The molecule has 0 aromatic heterocycles. The smallest absolute Gasteiger partial charge is 0.215 e. The number of alkyl halides is 1. The number of halogens is 3. The Morgan fingerprint density at radius 3 is 2.57 bits per heavy atom. The molecule has 0 saturated carbocycles. The molecule has 0 amide bonds. The van der Waals surface area contributed by atoms with Crippen LogP contribution in [0.4, 0.5) is 0 Å². The maximum Gasteiger partial charge on any atom is 0.215 e. The number of carbonyl (C=O) groups excluding carboxylic acids is 1. The van der Waals surface area contributed by atoms with E-state index in [9.17, 15) is 4.79 Å². The second-order valence-electron chi connectivity index (χ2n) is 4.62. The molecule has 21 heavy (non-hydrogen) atoms. The number of Topliss-reactive ketones (excluding diaryl/α,β-unsaturated/α-hetero) is 1.